The molecule has 1 spiro atoms. The molecule has 0 aliphatic heterocycles. The normalized spacial score (nSPS) is 58.8. The lowest BCUT2D eigenvalue weighted by Crippen LogP contribution is -2.64. The van der Waals surface area contributed by atoms with Gasteiger partial charge in [-0.2, -0.15) is 0 Å². The predicted molar refractivity (Wildman–Crippen MR) is 93.1 cm³/mol. The molecule has 0 radical (unpaired) electrons. The lowest BCUT2D eigenvalue weighted by Gasteiger charge is -2.64. The Hall–Kier alpha value is -0.690. The fourth-order valence-electron chi connectivity index (χ4n) is 8.17. The molecule has 9 atom stereocenters. The van der Waals surface area contributed by atoms with Gasteiger partial charge >= 0.3 is 5.97 Å². The molecule has 0 aromatic heterocycles. The second-order valence-electron chi connectivity index (χ2n) is 10.1. The minimum absolute atomic E-state index is 0.0573. The summed E-state index contributed by atoms with van der Waals surface area (Å²) >= 11 is 0. The first-order chi connectivity index (χ1) is 12.1. The first-order valence-electron chi connectivity index (χ1n) is 9.99. The van der Waals surface area contributed by atoms with Crippen LogP contribution in [0.2, 0.25) is 0 Å². The molecule has 148 valence electrons. The molecule has 0 aromatic rings. The van der Waals surface area contributed by atoms with Crippen LogP contribution in [0, 0.1) is 34.0 Å². The molecule has 4 saturated carbocycles. The third kappa shape index (κ3) is 1.94. The van der Waals surface area contributed by atoms with Gasteiger partial charge in [-0.1, -0.05) is 13.3 Å². The van der Waals surface area contributed by atoms with Gasteiger partial charge in [0.05, 0.1) is 24.2 Å². The number of carboxylic acid groups (broad SMARTS) is 1. The molecule has 0 amide bonds. The van der Waals surface area contributed by atoms with E-state index in [0.29, 0.717) is 32.1 Å². The summed E-state index contributed by atoms with van der Waals surface area (Å²) in [4.78, 5) is 12.1. The van der Waals surface area contributed by atoms with E-state index in [9.17, 15) is 30.3 Å². The Morgan fingerprint density at radius 2 is 1.85 bits per heavy atom. The maximum absolute atomic E-state index is 12.1. The molecule has 4 rings (SSSR count). The Bertz CT molecular complexity index is 623. The first kappa shape index (κ1) is 18.7. The molecule has 2 bridgehead atoms. The summed E-state index contributed by atoms with van der Waals surface area (Å²) in [6.45, 7) is 3.42. The van der Waals surface area contributed by atoms with Gasteiger partial charge in [-0.15, -0.1) is 0 Å². The number of carboxylic acids is 1. The summed E-state index contributed by atoms with van der Waals surface area (Å²) < 4.78 is 0. The Kier molecular flexibility index (Phi) is 3.90. The first-order valence-corrected chi connectivity index (χ1v) is 9.99. The molecule has 5 N–H and O–H groups in total. The average molecular weight is 368 g/mol. The van der Waals surface area contributed by atoms with E-state index in [1.54, 1.807) is 0 Å². The van der Waals surface area contributed by atoms with Gasteiger partial charge in [-0.05, 0) is 68.6 Å². The van der Waals surface area contributed by atoms with E-state index < -0.39 is 46.6 Å². The molecule has 6 nitrogen and oxygen atoms in total. The van der Waals surface area contributed by atoms with Crippen molar-refractivity contribution in [1.29, 1.82) is 0 Å². The molecular weight excluding hydrogens is 336 g/mol. The molecule has 0 saturated heterocycles. The van der Waals surface area contributed by atoms with Gasteiger partial charge in [-0.25, -0.2) is 0 Å². The number of hydrogen-bond acceptors (Lipinski definition) is 5. The van der Waals surface area contributed by atoms with E-state index >= 15 is 0 Å². The van der Waals surface area contributed by atoms with Crippen LogP contribution in [0.5, 0.6) is 0 Å². The maximum atomic E-state index is 12.1. The van der Waals surface area contributed by atoms with Crippen LogP contribution in [0.25, 0.3) is 0 Å². The van der Waals surface area contributed by atoms with Crippen LogP contribution in [0.1, 0.15) is 58.8 Å². The molecule has 6 heteroatoms. The zero-order valence-electron chi connectivity index (χ0n) is 15.7. The zero-order valence-corrected chi connectivity index (χ0v) is 15.7. The molecule has 26 heavy (non-hydrogen) atoms. The molecule has 0 unspecified atom stereocenters. The Labute approximate surface area is 154 Å². The highest BCUT2D eigenvalue weighted by Gasteiger charge is 2.74. The van der Waals surface area contributed by atoms with Crippen LogP contribution in [-0.2, 0) is 4.79 Å². The quantitative estimate of drug-likeness (QED) is 0.499. The highest BCUT2D eigenvalue weighted by atomic mass is 16.4. The van der Waals surface area contributed by atoms with Crippen LogP contribution < -0.4 is 0 Å². The lowest BCUT2D eigenvalue weighted by atomic mass is 9.40. The minimum atomic E-state index is -1.57. The standard InChI is InChI=1S/C20H32O6/c1-17-5-3-6-18(2,16(24)25)13(17)4-7-19-9-11(8-12(22)14(17)19)20(26,10-21)15(19)23/h11-15,21-23,26H,3-10H2,1-2H3,(H,24,25)/t11-,12-,13-,14-,15-,17+,18+,19+,20+/m0/s1. The van der Waals surface area contributed by atoms with Gasteiger partial charge < -0.3 is 25.5 Å². The number of carbonyl (C=O) groups is 1. The van der Waals surface area contributed by atoms with Crippen molar-refractivity contribution in [3.05, 3.63) is 0 Å². The average Bonchev–Trinajstić information content (AvgIpc) is 2.73. The number of hydrogen-bond donors (Lipinski definition) is 5. The highest BCUT2D eigenvalue weighted by molar-refractivity contribution is 5.75. The Morgan fingerprint density at radius 1 is 1.15 bits per heavy atom. The fraction of sp³-hybridized carbons (Fsp3) is 0.950. The topological polar surface area (TPSA) is 118 Å². The third-order valence-electron chi connectivity index (χ3n) is 9.21. The number of aliphatic carboxylic acids is 1. The van der Waals surface area contributed by atoms with Crippen LogP contribution in [-0.4, -0.2) is 55.9 Å². The highest BCUT2D eigenvalue weighted by Crippen LogP contribution is 2.72. The number of fused-ring (bicyclic) bond motifs is 3. The van der Waals surface area contributed by atoms with Crippen molar-refractivity contribution in [1.82, 2.24) is 0 Å². The largest absolute Gasteiger partial charge is 0.481 e. The van der Waals surface area contributed by atoms with Crippen molar-refractivity contribution >= 4 is 5.97 Å². The van der Waals surface area contributed by atoms with Gasteiger partial charge in [-0.3, -0.25) is 4.79 Å². The monoisotopic (exact) mass is 368 g/mol. The third-order valence-corrected chi connectivity index (χ3v) is 9.21. The van der Waals surface area contributed by atoms with Crippen molar-refractivity contribution in [2.45, 2.75) is 76.6 Å². The van der Waals surface area contributed by atoms with Gasteiger partial charge in [0.25, 0.3) is 0 Å². The van der Waals surface area contributed by atoms with Crippen LogP contribution >= 0.6 is 0 Å². The Balaban J connectivity index is 1.81. The summed E-state index contributed by atoms with van der Waals surface area (Å²) in [6, 6.07) is 0. The van der Waals surface area contributed by atoms with Crippen LogP contribution in [0.15, 0.2) is 0 Å². The van der Waals surface area contributed by atoms with E-state index in [4.69, 9.17) is 0 Å². The predicted octanol–water partition coefficient (Wildman–Crippen LogP) is 1.15. The van der Waals surface area contributed by atoms with Crippen molar-refractivity contribution in [2.24, 2.45) is 34.0 Å². The Morgan fingerprint density at radius 3 is 2.46 bits per heavy atom. The second kappa shape index (κ2) is 5.43. The molecule has 4 aliphatic carbocycles. The van der Waals surface area contributed by atoms with Crippen molar-refractivity contribution < 1.29 is 30.3 Å². The summed E-state index contributed by atoms with van der Waals surface area (Å²) in [6.07, 6.45) is 2.72. The fourth-order valence-corrected chi connectivity index (χ4v) is 8.17. The van der Waals surface area contributed by atoms with Crippen LogP contribution in [0.4, 0.5) is 0 Å². The van der Waals surface area contributed by atoms with Crippen molar-refractivity contribution in [2.75, 3.05) is 6.61 Å². The number of aliphatic hydroxyl groups excluding tert-OH is 3. The lowest BCUT2D eigenvalue weighted by molar-refractivity contribution is -0.218. The molecule has 0 aromatic carbocycles. The van der Waals surface area contributed by atoms with Crippen molar-refractivity contribution in [3.63, 3.8) is 0 Å². The molecule has 4 fully saturated rings. The van der Waals surface area contributed by atoms with Gasteiger partial charge in [0.1, 0.15) is 5.60 Å². The summed E-state index contributed by atoms with van der Waals surface area (Å²) in [5.74, 6) is -1.40. The maximum Gasteiger partial charge on any atom is 0.309 e. The van der Waals surface area contributed by atoms with Gasteiger partial charge in [0, 0.05) is 5.41 Å². The summed E-state index contributed by atoms with van der Waals surface area (Å²) in [5, 5.41) is 52.9. The van der Waals surface area contributed by atoms with Crippen molar-refractivity contribution in [3.8, 4) is 0 Å². The van der Waals surface area contributed by atoms with E-state index in [2.05, 4.69) is 6.92 Å². The zero-order chi connectivity index (χ0) is 19.1. The van der Waals surface area contributed by atoms with E-state index in [1.807, 2.05) is 6.92 Å². The number of rotatable bonds is 2. The van der Waals surface area contributed by atoms with Gasteiger partial charge in [0.15, 0.2) is 0 Å². The molecular formula is C20H32O6. The second-order valence-corrected chi connectivity index (χ2v) is 10.1. The van der Waals surface area contributed by atoms with Crippen LogP contribution in [0.3, 0.4) is 0 Å². The van der Waals surface area contributed by atoms with Gasteiger partial charge in [0.2, 0.25) is 0 Å². The molecule has 4 aliphatic rings. The smallest absolute Gasteiger partial charge is 0.309 e. The van der Waals surface area contributed by atoms with E-state index in [-0.39, 0.29) is 17.8 Å². The minimum Gasteiger partial charge on any atom is -0.481 e. The summed E-state index contributed by atoms with van der Waals surface area (Å²) in [7, 11) is 0. The summed E-state index contributed by atoms with van der Waals surface area (Å²) in [5.41, 5.74) is -3.41. The number of aliphatic hydroxyl groups is 4. The van der Waals surface area contributed by atoms with E-state index in [0.717, 1.165) is 12.8 Å². The molecule has 0 heterocycles. The SMILES string of the molecule is C[C@@]12CCC[C@@](C)(C(=O)O)[C@H]1CC[C@@]13C[C@H](C[C@H](O)[C@@H]21)[C@](O)(CO)[C@H]3O. The van der Waals surface area contributed by atoms with E-state index in [1.165, 1.54) is 0 Å².